The molecule has 0 spiro atoms. The highest BCUT2D eigenvalue weighted by atomic mass is 32.1. The van der Waals surface area contributed by atoms with Gasteiger partial charge < -0.3 is 4.84 Å². The van der Waals surface area contributed by atoms with Gasteiger partial charge >= 0.3 is 0 Å². The van der Waals surface area contributed by atoms with Gasteiger partial charge in [-0.1, -0.05) is 0 Å². The summed E-state index contributed by atoms with van der Waals surface area (Å²) in [6.45, 7) is 2.10. The molecule has 1 aliphatic heterocycles. The highest BCUT2D eigenvalue weighted by Crippen LogP contribution is 2.25. The van der Waals surface area contributed by atoms with Gasteiger partial charge in [-0.2, -0.15) is 0 Å². The Kier molecular flexibility index (Phi) is 1.68. The van der Waals surface area contributed by atoms with Crippen molar-refractivity contribution in [3.8, 4) is 0 Å². The van der Waals surface area contributed by atoms with Crippen LogP contribution in [0.1, 0.15) is 15.8 Å². The third-order valence-corrected chi connectivity index (χ3v) is 2.69. The Bertz CT molecular complexity index is 279. The molecule has 1 N–H and O–H groups in total. The van der Waals surface area contributed by atoms with Gasteiger partial charge in [0, 0.05) is 9.75 Å². The summed E-state index contributed by atoms with van der Waals surface area (Å²) in [7, 11) is 0. The molecule has 11 heavy (non-hydrogen) atoms. The number of aryl methyl sites for hydroxylation is 1. The maximum absolute atomic E-state index is 4.90. The van der Waals surface area contributed by atoms with E-state index in [-0.39, 0.29) is 6.04 Å². The van der Waals surface area contributed by atoms with Gasteiger partial charge in [-0.3, -0.25) is 0 Å². The standard InChI is InChI=1S/C8H9NOS/c1-6-2-3-8(11-6)7-4-5-10-9-7/h2-5,7,9H,1H3. The van der Waals surface area contributed by atoms with E-state index in [1.54, 1.807) is 17.6 Å². The van der Waals surface area contributed by atoms with Crippen LogP contribution in [0.25, 0.3) is 0 Å². The maximum Gasteiger partial charge on any atom is 0.109 e. The van der Waals surface area contributed by atoms with Gasteiger partial charge in [-0.15, -0.1) is 16.8 Å². The lowest BCUT2D eigenvalue weighted by Gasteiger charge is -2.02. The minimum absolute atomic E-state index is 0.258. The van der Waals surface area contributed by atoms with Crippen molar-refractivity contribution in [1.82, 2.24) is 5.48 Å². The van der Waals surface area contributed by atoms with E-state index in [0.717, 1.165) is 0 Å². The zero-order valence-corrected chi connectivity index (χ0v) is 7.02. The van der Waals surface area contributed by atoms with Gasteiger partial charge in [0.1, 0.15) is 6.26 Å². The van der Waals surface area contributed by atoms with E-state index in [2.05, 4.69) is 24.5 Å². The van der Waals surface area contributed by atoms with Crippen molar-refractivity contribution in [2.45, 2.75) is 13.0 Å². The third-order valence-electron chi connectivity index (χ3n) is 1.60. The Balaban J connectivity index is 2.22. The maximum atomic E-state index is 4.90. The average Bonchev–Trinajstić information content (AvgIpc) is 2.55. The molecule has 3 heteroatoms. The van der Waals surface area contributed by atoms with Crippen LogP contribution in [-0.4, -0.2) is 0 Å². The first-order valence-electron chi connectivity index (χ1n) is 3.50. The predicted molar refractivity (Wildman–Crippen MR) is 45.2 cm³/mol. The number of hydroxylamine groups is 1. The molecule has 2 heterocycles. The fourth-order valence-corrected chi connectivity index (χ4v) is 1.94. The summed E-state index contributed by atoms with van der Waals surface area (Å²) >= 11 is 1.79. The normalized spacial score (nSPS) is 22.1. The van der Waals surface area contributed by atoms with Crippen molar-refractivity contribution in [2.75, 3.05) is 0 Å². The van der Waals surface area contributed by atoms with E-state index in [1.165, 1.54) is 9.75 Å². The molecule has 0 aliphatic carbocycles. The van der Waals surface area contributed by atoms with Crippen molar-refractivity contribution in [3.05, 3.63) is 34.2 Å². The van der Waals surface area contributed by atoms with E-state index in [1.807, 2.05) is 6.08 Å². The molecule has 1 aliphatic rings. The Morgan fingerprint density at radius 1 is 1.55 bits per heavy atom. The third kappa shape index (κ3) is 1.29. The van der Waals surface area contributed by atoms with Crippen LogP contribution in [0.15, 0.2) is 24.5 Å². The molecule has 2 rings (SSSR count). The van der Waals surface area contributed by atoms with Crippen LogP contribution in [0.2, 0.25) is 0 Å². The van der Waals surface area contributed by atoms with Crippen molar-refractivity contribution >= 4 is 11.3 Å². The van der Waals surface area contributed by atoms with E-state index < -0.39 is 0 Å². The summed E-state index contributed by atoms with van der Waals surface area (Å²) < 4.78 is 0. The lowest BCUT2D eigenvalue weighted by Crippen LogP contribution is -2.10. The number of rotatable bonds is 1. The zero-order valence-electron chi connectivity index (χ0n) is 6.20. The second-order valence-electron chi connectivity index (χ2n) is 2.49. The van der Waals surface area contributed by atoms with Gasteiger partial charge in [-0.05, 0) is 25.1 Å². The number of nitrogens with one attached hydrogen (secondary N) is 1. The molecule has 58 valence electrons. The van der Waals surface area contributed by atoms with E-state index in [0.29, 0.717) is 0 Å². The molecule has 1 aromatic heterocycles. The lowest BCUT2D eigenvalue weighted by atomic mass is 10.2. The van der Waals surface area contributed by atoms with Crippen LogP contribution in [0.5, 0.6) is 0 Å². The minimum Gasteiger partial charge on any atom is -0.416 e. The topological polar surface area (TPSA) is 21.3 Å². The molecule has 1 unspecified atom stereocenters. The van der Waals surface area contributed by atoms with Crippen molar-refractivity contribution in [1.29, 1.82) is 0 Å². The highest BCUT2D eigenvalue weighted by Gasteiger charge is 2.13. The molecular weight excluding hydrogens is 158 g/mol. The molecule has 2 nitrogen and oxygen atoms in total. The Morgan fingerprint density at radius 2 is 2.45 bits per heavy atom. The van der Waals surface area contributed by atoms with Gasteiger partial charge in [-0.25, -0.2) is 0 Å². The smallest absolute Gasteiger partial charge is 0.109 e. The van der Waals surface area contributed by atoms with Crippen molar-refractivity contribution in [3.63, 3.8) is 0 Å². The van der Waals surface area contributed by atoms with Crippen LogP contribution >= 0.6 is 11.3 Å². The summed E-state index contributed by atoms with van der Waals surface area (Å²) in [4.78, 5) is 7.53. The van der Waals surface area contributed by atoms with Crippen LogP contribution in [0.4, 0.5) is 0 Å². The van der Waals surface area contributed by atoms with E-state index >= 15 is 0 Å². The second-order valence-corrected chi connectivity index (χ2v) is 3.81. The molecule has 0 saturated carbocycles. The monoisotopic (exact) mass is 167 g/mol. The first-order chi connectivity index (χ1) is 5.36. The largest absolute Gasteiger partial charge is 0.416 e. The fourth-order valence-electron chi connectivity index (χ4n) is 1.04. The summed E-state index contributed by atoms with van der Waals surface area (Å²) in [5, 5.41) is 0. The molecule has 0 bridgehead atoms. The average molecular weight is 167 g/mol. The Hall–Kier alpha value is -0.800. The Morgan fingerprint density at radius 3 is 3.00 bits per heavy atom. The first-order valence-corrected chi connectivity index (χ1v) is 4.32. The van der Waals surface area contributed by atoms with Gasteiger partial charge in [0.25, 0.3) is 0 Å². The molecule has 0 fully saturated rings. The summed E-state index contributed by atoms with van der Waals surface area (Å²) in [5.74, 6) is 0. The number of hydrogen-bond acceptors (Lipinski definition) is 3. The summed E-state index contributed by atoms with van der Waals surface area (Å²) in [6.07, 6.45) is 3.69. The quantitative estimate of drug-likeness (QED) is 0.692. The van der Waals surface area contributed by atoms with Crippen molar-refractivity contribution in [2.24, 2.45) is 0 Å². The molecule has 1 atom stereocenters. The number of hydrogen-bond donors (Lipinski definition) is 1. The Labute approximate surface area is 69.5 Å². The fraction of sp³-hybridized carbons (Fsp3) is 0.250. The molecule has 1 aromatic rings. The molecular formula is C8H9NOS. The minimum atomic E-state index is 0.258. The molecule has 0 amide bonds. The second kappa shape index (κ2) is 2.68. The highest BCUT2D eigenvalue weighted by molar-refractivity contribution is 7.12. The van der Waals surface area contributed by atoms with E-state index in [9.17, 15) is 0 Å². The SMILES string of the molecule is Cc1ccc(C2C=CON2)s1. The van der Waals surface area contributed by atoms with Crippen LogP contribution < -0.4 is 5.48 Å². The molecule has 0 radical (unpaired) electrons. The zero-order chi connectivity index (χ0) is 7.68. The summed E-state index contributed by atoms with van der Waals surface area (Å²) in [6, 6.07) is 4.50. The summed E-state index contributed by atoms with van der Waals surface area (Å²) in [5.41, 5.74) is 2.89. The van der Waals surface area contributed by atoms with Crippen LogP contribution in [0, 0.1) is 6.92 Å². The van der Waals surface area contributed by atoms with Crippen molar-refractivity contribution < 1.29 is 4.84 Å². The van der Waals surface area contributed by atoms with Crippen LogP contribution in [-0.2, 0) is 4.84 Å². The van der Waals surface area contributed by atoms with Crippen LogP contribution in [0.3, 0.4) is 0 Å². The lowest BCUT2D eigenvalue weighted by molar-refractivity contribution is 0.143. The van der Waals surface area contributed by atoms with Gasteiger partial charge in [0.05, 0.1) is 6.04 Å². The van der Waals surface area contributed by atoms with Gasteiger partial charge in [0.15, 0.2) is 0 Å². The van der Waals surface area contributed by atoms with Gasteiger partial charge in [0.2, 0.25) is 0 Å². The number of thiophene rings is 1. The first kappa shape index (κ1) is 6.88. The van der Waals surface area contributed by atoms with E-state index in [4.69, 9.17) is 4.84 Å². The molecule has 0 aromatic carbocycles. The molecule has 0 saturated heterocycles. The predicted octanol–water partition coefficient (Wildman–Crippen LogP) is 2.15.